The number of para-hydroxylation sites is 1. The van der Waals surface area contributed by atoms with Gasteiger partial charge in [-0.3, -0.25) is 9.69 Å². The Balaban J connectivity index is 1.74. The van der Waals surface area contributed by atoms with Crippen molar-refractivity contribution >= 4 is 11.6 Å². The third-order valence-corrected chi connectivity index (χ3v) is 3.72. The third-order valence-electron chi connectivity index (χ3n) is 3.72. The average Bonchev–Trinajstić information content (AvgIpc) is 2.97. The van der Waals surface area contributed by atoms with E-state index in [9.17, 15) is 13.6 Å². The molecule has 1 atom stereocenters. The minimum absolute atomic E-state index is 0.0337. The molecule has 0 saturated carbocycles. The fourth-order valence-corrected chi connectivity index (χ4v) is 2.51. The molecular formula is C15H21F2N3O. The van der Waals surface area contributed by atoms with Crippen LogP contribution >= 0.6 is 0 Å². The fraction of sp³-hybridized carbons (Fsp3) is 0.533. The highest BCUT2D eigenvalue weighted by Gasteiger charge is 2.18. The van der Waals surface area contributed by atoms with Gasteiger partial charge in [0.2, 0.25) is 5.91 Å². The summed E-state index contributed by atoms with van der Waals surface area (Å²) in [6.07, 6.45) is 2.44. The first-order valence-corrected chi connectivity index (χ1v) is 7.26. The molecular weight excluding hydrogens is 276 g/mol. The second kappa shape index (κ2) is 7.47. The van der Waals surface area contributed by atoms with Gasteiger partial charge < -0.3 is 10.6 Å². The number of nitrogens with zero attached hydrogens (tertiary/aromatic N) is 1. The van der Waals surface area contributed by atoms with Crippen LogP contribution in [0.15, 0.2) is 18.2 Å². The summed E-state index contributed by atoms with van der Waals surface area (Å²) in [5.74, 6) is -1.99. The predicted molar refractivity (Wildman–Crippen MR) is 78.1 cm³/mol. The highest BCUT2D eigenvalue weighted by atomic mass is 19.1. The van der Waals surface area contributed by atoms with Crippen LogP contribution < -0.4 is 10.6 Å². The lowest BCUT2D eigenvalue weighted by Crippen LogP contribution is -2.41. The number of anilines is 1. The summed E-state index contributed by atoms with van der Waals surface area (Å²) in [7, 11) is 0. The van der Waals surface area contributed by atoms with E-state index in [1.165, 1.54) is 18.9 Å². The molecule has 0 aliphatic carbocycles. The molecule has 1 amide bonds. The molecule has 1 saturated heterocycles. The summed E-state index contributed by atoms with van der Waals surface area (Å²) in [6, 6.07) is 3.84. The van der Waals surface area contributed by atoms with Crippen LogP contribution in [0.2, 0.25) is 0 Å². The lowest BCUT2D eigenvalue weighted by atomic mass is 10.3. The fourth-order valence-electron chi connectivity index (χ4n) is 2.51. The van der Waals surface area contributed by atoms with Crippen molar-refractivity contribution in [1.29, 1.82) is 0 Å². The van der Waals surface area contributed by atoms with Crippen LogP contribution in [0, 0.1) is 11.6 Å². The summed E-state index contributed by atoms with van der Waals surface area (Å²) in [6.45, 7) is 5.00. The van der Waals surface area contributed by atoms with Crippen molar-refractivity contribution in [3.05, 3.63) is 29.8 Å². The Hall–Kier alpha value is -1.53. The largest absolute Gasteiger partial charge is 0.320 e. The number of hydrogen-bond acceptors (Lipinski definition) is 3. The first kappa shape index (κ1) is 15.9. The number of carbonyl (C=O) groups is 1. The SMILES string of the molecule is CC(CNCC(=O)Nc1c(F)cccc1F)N1CCCC1. The van der Waals surface area contributed by atoms with Crippen molar-refractivity contribution in [1.82, 2.24) is 10.2 Å². The van der Waals surface area contributed by atoms with E-state index in [4.69, 9.17) is 0 Å². The number of benzene rings is 1. The van der Waals surface area contributed by atoms with Crippen molar-refractivity contribution in [3.63, 3.8) is 0 Å². The van der Waals surface area contributed by atoms with Gasteiger partial charge in [0.05, 0.1) is 6.54 Å². The van der Waals surface area contributed by atoms with Crippen molar-refractivity contribution in [3.8, 4) is 0 Å². The van der Waals surface area contributed by atoms with Gasteiger partial charge in [-0.05, 0) is 45.0 Å². The van der Waals surface area contributed by atoms with E-state index in [0.29, 0.717) is 12.6 Å². The van der Waals surface area contributed by atoms with E-state index in [1.54, 1.807) is 0 Å². The van der Waals surface area contributed by atoms with Crippen LogP contribution in [0.5, 0.6) is 0 Å². The van der Waals surface area contributed by atoms with Crippen LogP contribution in [0.25, 0.3) is 0 Å². The molecule has 1 aliphatic rings. The summed E-state index contributed by atoms with van der Waals surface area (Å²) in [5, 5.41) is 5.28. The Kier molecular flexibility index (Phi) is 5.64. The summed E-state index contributed by atoms with van der Waals surface area (Å²) in [4.78, 5) is 14.1. The van der Waals surface area contributed by atoms with E-state index in [0.717, 1.165) is 25.2 Å². The predicted octanol–water partition coefficient (Wildman–Crippen LogP) is 1.98. The van der Waals surface area contributed by atoms with Crippen LogP contribution in [0.3, 0.4) is 0 Å². The molecule has 6 heteroatoms. The van der Waals surface area contributed by atoms with Crippen LogP contribution in [0.4, 0.5) is 14.5 Å². The minimum atomic E-state index is -0.770. The zero-order valence-electron chi connectivity index (χ0n) is 12.2. The Morgan fingerprint density at radius 2 is 1.90 bits per heavy atom. The molecule has 1 aromatic rings. The first-order chi connectivity index (χ1) is 10.1. The highest BCUT2D eigenvalue weighted by molar-refractivity contribution is 5.92. The molecule has 0 bridgehead atoms. The van der Waals surface area contributed by atoms with Gasteiger partial charge in [-0.2, -0.15) is 0 Å². The molecule has 1 aromatic carbocycles. The Bertz CT molecular complexity index is 470. The lowest BCUT2D eigenvalue weighted by molar-refractivity contribution is -0.115. The van der Waals surface area contributed by atoms with Crippen molar-refractivity contribution in [2.75, 3.05) is 31.5 Å². The van der Waals surface area contributed by atoms with E-state index >= 15 is 0 Å². The number of carbonyl (C=O) groups excluding carboxylic acids is 1. The molecule has 116 valence electrons. The monoisotopic (exact) mass is 297 g/mol. The lowest BCUT2D eigenvalue weighted by Gasteiger charge is -2.23. The van der Waals surface area contributed by atoms with Gasteiger partial charge in [-0.25, -0.2) is 8.78 Å². The van der Waals surface area contributed by atoms with E-state index in [1.807, 2.05) is 0 Å². The van der Waals surface area contributed by atoms with Gasteiger partial charge in [0.25, 0.3) is 0 Å². The van der Waals surface area contributed by atoms with Gasteiger partial charge in [0.15, 0.2) is 0 Å². The molecule has 2 N–H and O–H groups in total. The van der Waals surface area contributed by atoms with Crippen molar-refractivity contribution < 1.29 is 13.6 Å². The zero-order chi connectivity index (χ0) is 15.2. The second-order valence-electron chi connectivity index (χ2n) is 5.37. The van der Waals surface area contributed by atoms with Crippen LogP contribution in [0.1, 0.15) is 19.8 Å². The summed E-state index contributed by atoms with van der Waals surface area (Å²) < 4.78 is 26.8. The second-order valence-corrected chi connectivity index (χ2v) is 5.37. The van der Waals surface area contributed by atoms with Gasteiger partial charge >= 0.3 is 0 Å². The molecule has 21 heavy (non-hydrogen) atoms. The van der Waals surface area contributed by atoms with Gasteiger partial charge in [0, 0.05) is 12.6 Å². The molecule has 1 aliphatic heterocycles. The first-order valence-electron chi connectivity index (χ1n) is 7.26. The number of likely N-dealkylation sites (tertiary alicyclic amines) is 1. The normalized spacial score (nSPS) is 16.9. The average molecular weight is 297 g/mol. The van der Waals surface area contributed by atoms with Crippen LogP contribution in [-0.4, -0.2) is 43.0 Å². The molecule has 1 unspecified atom stereocenters. The zero-order valence-corrected chi connectivity index (χ0v) is 12.2. The molecule has 0 aromatic heterocycles. The quantitative estimate of drug-likeness (QED) is 0.844. The molecule has 2 rings (SSSR count). The molecule has 1 heterocycles. The summed E-state index contributed by atoms with van der Waals surface area (Å²) in [5.41, 5.74) is -0.392. The molecule has 0 spiro atoms. The highest BCUT2D eigenvalue weighted by Crippen LogP contribution is 2.17. The Morgan fingerprint density at radius 1 is 1.29 bits per heavy atom. The number of halogens is 2. The Morgan fingerprint density at radius 3 is 2.52 bits per heavy atom. The number of rotatable bonds is 6. The van der Waals surface area contributed by atoms with Gasteiger partial charge in [-0.15, -0.1) is 0 Å². The standard InChI is InChI=1S/C15H21F2N3O/c1-11(20-7-2-3-8-20)9-18-10-14(21)19-15-12(16)5-4-6-13(15)17/h4-6,11,18H,2-3,7-10H2,1H3,(H,19,21). The van der Waals surface area contributed by atoms with E-state index < -0.39 is 23.2 Å². The Labute approximate surface area is 123 Å². The third kappa shape index (κ3) is 4.47. The number of hydrogen-bond donors (Lipinski definition) is 2. The molecule has 4 nitrogen and oxygen atoms in total. The minimum Gasteiger partial charge on any atom is -0.320 e. The van der Waals surface area contributed by atoms with Crippen molar-refractivity contribution in [2.45, 2.75) is 25.8 Å². The summed E-state index contributed by atoms with van der Waals surface area (Å²) >= 11 is 0. The van der Waals surface area contributed by atoms with E-state index in [-0.39, 0.29) is 6.54 Å². The maximum absolute atomic E-state index is 13.4. The van der Waals surface area contributed by atoms with Crippen LogP contribution in [-0.2, 0) is 4.79 Å². The van der Waals surface area contributed by atoms with Crippen molar-refractivity contribution in [2.24, 2.45) is 0 Å². The maximum atomic E-state index is 13.4. The number of nitrogens with one attached hydrogen (secondary N) is 2. The van der Waals surface area contributed by atoms with Gasteiger partial charge in [-0.1, -0.05) is 6.07 Å². The maximum Gasteiger partial charge on any atom is 0.238 e. The molecule has 1 fully saturated rings. The topological polar surface area (TPSA) is 44.4 Å². The van der Waals surface area contributed by atoms with Gasteiger partial charge in [0.1, 0.15) is 17.3 Å². The van der Waals surface area contributed by atoms with E-state index in [2.05, 4.69) is 22.5 Å². The molecule has 0 radical (unpaired) electrons. The number of amides is 1. The smallest absolute Gasteiger partial charge is 0.238 e.